The maximum atomic E-state index is 5.71. The van der Waals surface area contributed by atoms with E-state index in [4.69, 9.17) is 11.6 Å². The van der Waals surface area contributed by atoms with Crippen LogP contribution in [0.1, 0.15) is 19.8 Å². The molecule has 0 aromatic rings. The van der Waals surface area contributed by atoms with Gasteiger partial charge in [-0.15, -0.1) is 11.6 Å². The average molecular weight is 210 g/mol. The zero-order valence-corrected chi connectivity index (χ0v) is 9.76. The van der Waals surface area contributed by atoms with E-state index >= 15 is 0 Å². The fourth-order valence-electron chi connectivity index (χ4n) is 1.06. The molecule has 0 saturated carbocycles. The molecule has 0 aromatic heterocycles. The topological polar surface area (TPSA) is 3.24 Å². The summed E-state index contributed by atoms with van der Waals surface area (Å²) in [5.74, 6) is 1.98. The third-order valence-corrected chi connectivity index (χ3v) is 2.60. The fraction of sp³-hybridized carbons (Fsp3) is 1.00. The van der Waals surface area contributed by atoms with Crippen LogP contribution in [0.4, 0.5) is 0 Å². The summed E-state index contributed by atoms with van der Waals surface area (Å²) in [5.41, 5.74) is 0. The molecule has 0 N–H and O–H groups in total. The van der Waals surface area contributed by atoms with E-state index in [-0.39, 0.29) is 0 Å². The van der Waals surface area contributed by atoms with Crippen molar-refractivity contribution >= 4 is 23.4 Å². The molecule has 0 amide bonds. The lowest BCUT2D eigenvalue weighted by atomic mass is 10.3. The van der Waals surface area contributed by atoms with Gasteiger partial charge in [0.1, 0.15) is 0 Å². The largest absolute Gasteiger partial charge is 0.301 e. The lowest BCUT2D eigenvalue weighted by Crippen LogP contribution is -2.29. The predicted molar refractivity (Wildman–Crippen MR) is 60.5 cm³/mol. The molecule has 0 bridgehead atoms. The normalized spacial score (nSPS) is 11.0. The summed E-state index contributed by atoms with van der Waals surface area (Å²) in [7, 11) is 0. The quantitative estimate of drug-likeness (QED) is 0.566. The Hall–Kier alpha value is 0.600. The highest BCUT2D eigenvalue weighted by Gasteiger charge is 2.01. The summed E-state index contributed by atoms with van der Waals surface area (Å²) >= 11 is 7.61. The first-order valence-electron chi connectivity index (χ1n) is 4.62. The molecule has 0 aliphatic rings. The minimum absolute atomic E-state index is 0.762. The maximum Gasteiger partial charge on any atom is 0.0351 e. The van der Waals surface area contributed by atoms with Gasteiger partial charge in [0.15, 0.2) is 0 Å². The van der Waals surface area contributed by atoms with Crippen LogP contribution >= 0.6 is 23.4 Å². The highest BCUT2D eigenvalue weighted by atomic mass is 35.5. The highest BCUT2D eigenvalue weighted by Crippen LogP contribution is 1.99. The fourth-order valence-corrected chi connectivity index (χ4v) is 1.74. The van der Waals surface area contributed by atoms with Crippen molar-refractivity contribution in [1.82, 2.24) is 4.90 Å². The van der Waals surface area contributed by atoms with Crippen molar-refractivity contribution < 1.29 is 0 Å². The number of nitrogens with zero attached hydrogens (tertiary/aromatic N) is 1. The van der Waals surface area contributed by atoms with Crippen LogP contribution in [-0.2, 0) is 0 Å². The van der Waals surface area contributed by atoms with E-state index in [1.165, 1.54) is 31.7 Å². The molecular weight excluding hydrogens is 190 g/mol. The molecule has 0 heterocycles. The number of hydrogen-bond donors (Lipinski definition) is 0. The van der Waals surface area contributed by atoms with Gasteiger partial charge in [-0.1, -0.05) is 13.3 Å². The number of halogens is 1. The SMILES string of the molecule is CCCCN(CCCl)CCSC. The van der Waals surface area contributed by atoms with Gasteiger partial charge in [-0.3, -0.25) is 0 Å². The molecule has 1 nitrogen and oxygen atoms in total. The van der Waals surface area contributed by atoms with E-state index in [0.717, 1.165) is 12.4 Å². The van der Waals surface area contributed by atoms with E-state index in [1.807, 2.05) is 11.8 Å². The lowest BCUT2D eigenvalue weighted by molar-refractivity contribution is 0.303. The van der Waals surface area contributed by atoms with Crippen molar-refractivity contribution in [1.29, 1.82) is 0 Å². The van der Waals surface area contributed by atoms with Crippen molar-refractivity contribution in [3.8, 4) is 0 Å². The zero-order valence-electron chi connectivity index (χ0n) is 8.18. The Morgan fingerprint density at radius 2 is 2.00 bits per heavy atom. The van der Waals surface area contributed by atoms with Gasteiger partial charge in [0, 0.05) is 24.7 Å². The average Bonchev–Trinajstić information content (AvgIpc) is 2.10. The third-order valence-electron chi connectivity index (χ3n) is 1.84. The van der Waals surface area contributed by atoms with Crippen molar-refractivity contribution in [3.05, 3.63) is 0 Å². The Morgan fingerprint density at radius 1 is 1.25 bits per heavy atom. The summed E-state index contributed by atoms with van der Waals surface area (Å²) in [6, 6.07) is 0. The van der Waals surface area contributed by atoms with Crippen LogP contribution in [0, 0.1) is 0 Å². The minimum atomic E-state index is 0.762. The molecule has 74 valence electrons. The molecule has 0 aromatic carbocycles. The van der Waals surface area contributed by atoms with Crippen LogP contribution in [0.15, 0.2) is 0 Å². The first kappa shape index (κ1) is 12.6. The molecule has 0 atom stereocenters. The Labute approximate surface area is 85.8 Å². The lowest BCUT2D eigenvalue weighted by Gasteiger charge is -2.19. The van der Waals surface area contributed by atoms with Gasteiger partial charge in [-0.05, 0) is 19.2 Å². The Balaban J connectivity index is 3.40. The molecular formula is C9H20ClNS. The van der Waals surface area contributed by atoms with E-state index in [2.05, 4.69) is 18.1 Å². The van der Waals surface area contributed by atoms with Gasteiger partial charge in [-0.25, -0.2) is 0 Å². The number of alkyl halides is 1. The van der Waals surface area contributed by atoms with Gasteiger partial charge in [0.05, 0.1) is 0 Å². The summed E-state index contributed by atoms with van der Waals surface area (Å²) in [4.78, 5) is 2.45. The molecule has 0 aliphatic heterocycles. The number of rotatable bonds is 8. The van der Waals surface area contributed by atoms with E-state index in [9.17, 15) is 0 Å². The smallest absolute Gasteiger partial charge is 0.0351 e. The Morgan fingerprint density at radius 3 is 2.50 bits per heavy atom. The number of unbranched alkanes of at least 4 members (excludes halogenated alkanes) is 1. The first-order valence-corrected chi connectivity index (χ1v) is 6.55. The molecule has 0 unspecified atom stereocenters. The minimum Gasteiger partial charge on any atom is -0.301 e. The van der Waals surface area contributed by atoms with Crippen LogP contribution < -0.4 is 0 Å². The third kappa shape index (κ3) is 7.26. The molecule has 0 saturated heterocycles. The molecule has 0 radical (unpaired) electrons. The molecule has 0 aliphatic carbocycles. The monoisotopic (exact) mass is 209 g/mol. The van der Waals surface area contributed by atoms with Gasteiger partial charge < -0.3 is 4.90 Å². The highest BCUT2D eigenvalue weighted by molar-refractivity contribution is 7.98. The second-order valence-electron chi connectivity index (χ2n) is 2.88. The summed E-state index contributed by atoms with van der Waals surface area (Å²) in [5, 5.41) is 0. The van der Waals surface area contributed by atoms with Crippen molar-refractivity contribution in [2.75, 3.05) is 37.5 Å². The van der Waals surface area contributed by atoms with Gasteiger partial charge in [0.25, 0.3) is 0 Å². The molecule has 3 heteroatoms. The standard InChI is InChI=1S/C9H20ClNS/c1-3-4-6-11(7-5-10)8-9-12-2/h3-9H2,1-2H3. The maximum absolute atomic E-state index is 5.71. The molecule has 12 heavy (non-hydrogen) atoms. The second kappa shape index (κ2) is 9.69. The predicted octanol–water partition coefficient (Wildman–Crippen LogP) is 2.69. The van der Waals surface area contributed by atoms with Gasteiger partial charge in [-0.2, -0.15) is 11.8 Å². The molecule has 0 fully saturated rings. The van der Waals surface area contributed by atoms with Crippen molar-refractivity contribution in [2.45, 2.75) is 19.8 Å². The van der Waals surface area contributed by atoms with Crippen LogP contribution in [-0.4, -0.2) is 42.4 Å². The number of thioether (sulfide) groups is 1. The van der Waals surface area contributed by atoms with E-state index in [0.29, 0.717) is 0 Å². The van der Waals surface area contributed by atoms with Crippen molar-refractivity contribution in [3.63, 3.8) is 0 Å². The molecule has 0 spiro atoms. The Bertz CT molecular complexity index is 82.6. The van der Waals surface area contributed by atoms with Crippen LogP contribution in [0.25, 0.3) is 0 Å². The van der Waals surface area contributed by atoms with Crippen molar-refractivity contribution in [2.24, 2.45) is 0 Å². The van der Waals surface area contributed by atoms with Crippen LogP contribution in [0.3, 0.4) is 0 Å². The van der Waals surface area contributed by atoms with E-state index in [1.54, 1.807) is 0 Å². The van der Waals surface area contributed by atoms with Gasteiger partial charge >= 0.3 is 0 Å². The zero-order chi connectivity index (χ0) is 9.23. The van der Waals surface area contributed by atoms with Gasteiger partial charge in [0.2, 0.25) is 0 Å². The van der Waals surface area contributed by atoms with E-state index < -0.39 is 0 Å². The Kier molecular flexibility index (Phi) is 10.2. The van der Waals surface area contributed by atoms with Crippen LogP contribution in [0.2, 0.25) is 0 Å². The molecule has 0 rings (SSSR count). The summed E-state index contributed by atoms with van der Waals surface area (Å²) in [6.45, 7) is 5.67. The first-order chi connectivity index (χ1) is 5.85. The van der Waals surface area contributed by atoms with Crippen LogP contribution in [0.5, 0.6) is 0 Å². The second-order valence-corrected chi connectivity index (χ2v) is 4.24. The number of hydrogen-bond acceptors (Lipinski definition) is 2. The summed E-state index contributed by atoms with van der Waals surface area (Å²) < 4.78 is 0. The summed E-state index contributed by atoms with van der Waals surface area (Å²) in [6.07, 6.45) is 4.72.